The van der Waals surface area contributed by atoms with E-state index in [1.54, 1.807) is 0 Å². The highest BCUT2D eigenvalue weighted by Crippen LogP contribution is 2.07. The van der Waals surface area contributed by atoms with Crippen LogP contribution in [0.5, 0.6) is 0 Å². The molecule has 0 aliphatic carbocycles. The Labute approximate surface area is 97.2 Å². The van der Waals surface area contributed by atoms with E-state index in [4.69, 9.17) is 0 Å². The number of amides is 1. The molecular weight excluding hydrogens is 200 g/mol. The van der Waals surface area contributed by atoms with E-state index in [9.17, 15) is 4.79 Å². The zero-order chi connectivity index (χ0) is 12.0. The van der Waals surface area contributed by atoms with Gasteiger partial charge in [0.25, 0.3) is 0 Å². The smallest absolute Gasteiger partial charge is 0.239 e. The second-order valence-corrected chi connectivity index (χ2v) is 4.42. The lowest BCUT2D eigenvalue weighted by atomic mass is 10.2. The fourth-order valence-electron chi connectivity index (χ4n) is 1.23. The second kappa shape index (κ2) is 6.16. The molecular formula is C13H20N2O. The summed E-state index contributed by atoms with van der Waals surface area (Å²) in [5.74, 6) is 0.526. The van der Waals surface area contributed by atoms with Gasteiger partial charge in [-0.15, -0.1) is 0 Å². The molecule has 0 aromatic heterocycles. The number of rotatable bonds is 5. The summed E-state index contributed by atoms with van der Waals surface area (Å²) in [7, 11) is 0. The Morgan fingerprint density at radius 3 is 2.44 bits per heavy atom. The van der Waals surface area contributed by atoms with Crippen LogP contribution in [0.4, 0.5) is 5.69 Å². The van der Waals surface area contributed by atoms with Crippen molar-refractivity contribution in [2.45, 2.75) is 20.8 Å². The van der Waals surface area contributed by atoms with Crippen LogP contribution in [0, 0.1) is 12.8 Å². The van der Waals surface area contributed by atoms with Crippen LogP contribution < -0.4 is 10.6 Å². The Bertz CT molecular complexity index is 330. The highest BCUT2D eigenvalue weighted by atomic mass is 16.1. The van der Waals surface area contributed by atoms with Gasteiger partial charge in [0.05, 0.1) is 6.54 Å². The molecule has 1 aromatic carbocycles. The molecule has 0 saturated carbocycles. The van der Waals surface area contributed by atoms with Crippen molar-refractivity contribution in [3.8, 4) is 0 Å². The summed E-state index contributed by atoms with van der Waals surface area (Å²) in [6, 6.07) is 8.00. The average molecular weight is 220 g/mol. The Morgan fingerprint density at radius 2 is 1.88 bits per heavy atom. The number of hydrogen-bond acceptors (Lipinski definition) is 2. The third-order valence-corrected chi connectivity index (χ3v) is 2.21. The SMILES string of the molecule is Cc1ccc(NCC(=O)NCC(C)C)cc1. The number of benzene rings is 1. The van der Waals surface area contributed by atoms with Crippen LogP contribution in [0.2, 0.25) is 0 Å². The van der Waals surface area contributed by atoms with E-state index in [-0.39, 0.29) is 5.91 Å². The van der Waals surface area contributed by atoms with E-state index < -0.39 is 0 Å². The average Bonchev–Trinajstić information content (AvgIpc) is 2.25. The first-order valence-corrected chi connectivity index (χ1v) is 5.65. The van der Waals surface area contributed by atoms with Crippen LogP contribution in [0.1, 0.15) is 19.4 Å². The first-order valence-electron chi connectivity index (χ1n) is 5.65. The first-order chi connectivity index (χ1) is 7.58. The molecule has 1 aromatic rings. The highest BCUT2D eigenvalue weighted by molar-refractivity contribution is 5.80. The Kier molecular flexibility index (Phi) is 4.83. The van der Waals surface area contributed by atoms with E-state index in [0.29, 0.717) is 12.5 Å². The topological polar surface area (TPSA) is 41.1 Å². The highest BCUT2D eigenvalue weighted by Gasteiger charge is 2.01. The van der Waals surface area contributed by atoms with Gasteiger partial charge in [0, 0.05) is 12.2 Å². The maximum atomic E-state index is 11.4. The van der Waals surface area contributed by atoms with E-state index in [2.05, 4.69) is 24.5 Å². The van der Waals surface area contributed by atoms with E-state index in [1.165, 1.54) is 5.56 Å². The first kappa shape index (κ1) is 12.6. The van der Waals surface area contributed by atoms with Crippen molar-refractivity contribution in [1.29, 1.82) is 0 Å². The predicted octanol–water partition coefficient (Wildman–Crippen LogP) is 2.18. The normalized spacial score (nSPS) is 10.2. The zero-order valence-corrected chi connectivity index (χ0v) is 10.2. The minimum Gasteiger partial charge on any atom is -0.376 e. The molecule has 0 atom stereocenters. The van der Waals surface area contributed by atoms with Crippen molar-refractivity contribution in [1.82, 2.24) is 5.32 Å². The molecule has 1 amide bonds. The van der Waals surface area contributed by atoms with Gasteiger partial charge < -0.3 is 10.6 Å². The van der Waals surface area contributed by atoms with Crippen molar-refractivity contribution >= 4 is 11.6 Å². The summed E-state index contributed by atoms with van der Waals surface area (Å²) in [5, 5.41) is 5.95. The molecule has 2 N–H and O–H groups in total. The molecule has 0 aliphatic heterocycles. The summed E-state index contributed by atoms with van der Waals surface area (Å²) in [5.41, 5.74) is 2.19. The van der Waals surface area contributed by atoms with Gasteiger partial charge in [-0.3, -0.25) is 4.79 Å². The number of nitrogens with one attached hydrogen (secondary N) is 2. The molecule has 0 fully saturated rings. The molecule has 16 heavy (non-hydrogen) atoms. The lowest BCUT2D eigenvalue weighted by Gasteiger charge is -2.09. The van der Waals surface area contributed by atoms with Gasteiger partial charge in [-0.25, -0.2) is 0 Å². The fourth-order valence-corrected chi connectivity index (χ4v) is 1.23. The maximum absolute atomic E-state index is 11.4. The lowest BCUT2D eigenvalue weighted by molar-refractivity contribution is -0.119. The van der Waals surface area contributed by atoms with Crippen molar-refractivity contribution < 1.29 is 4.79 Å². The van der Waals surface area contributed by atoms with Gasteiger partial charge in [0.2, 0.25) is 5.91 Å². The summed E-state index contributed by atoms with van der Waals surface area (Å²) < 4.78 is 0. The molecule has 0 spiro atoms. The summed E-state index contributed by atoms with van der Waals surface area (Å²) >= 11 is 0. The van der Waals surface area contributed by atoms with Crippen LogP contribution >= 0.6 is 0 Å². The van der Waals surface area contributed by atoms with Crippen LogP contribution in [0.15, 0.2) is 24.3 Å². The van der Waals surface area contributed by atoms with Crippen LogP contribution in [0.25, 0.3) is 0 Å². The number of hydrogen-bond donors (Lipinski definition) is 2. The minimum absolute atomic E-state index is 0.0364. The molecule has 3 nitrogen and oxygen atoms in total. The summed E-state index contributed by atoms with van der Waals surface area (Å²) in [6.07, 6.45) is 0. The van der Waals surface area contributed by atoms with E-state index in [1.807, 2.05) is 31.2 Å². The Hall–Kier alpha value is -1.51. The van der Waals surface area contributed by atoms with E-state index >= 15 is 0 Å². The monoisotopic (exact) mass is 220 g/mol. The number of anilines is 1. The molecule has 1 rings (SSSR count). The third kappa shape index (κ3) is 4.82. The molecule has 0 unspecified atom stereocenters. The van der Waals surface area contributed by atoms with Gasteiger partial charge in [-0.05, 0) is 25.0 Å². The van der Waals surface area contributed by atoms with Gasteiger partial charge in [0.1, 0.15) is 0 Å². The molecule has 3 heteroatoms. The van der Waals surface area contributed by atoms with Crippen LogP contribution in [0.3, 0.4) is 0 Å². The van der Waals surface area contributed by atoms with Crippen molar-refractivity contribution in [2.24, 2.45) is 5.92 Å². The van der Waals surface area contributed by atoms with Gasteiger partial charge in [-0.1, -0.05) is 31.5 Å². The molecule has 88 valence electrons. The number of carbonyl (C=O) groups excluding carboxylic acids is 1. The molecule has 0 heterocycles. The van der Waals surface area contributed by atoms with E-state index in [0.717, 1.165) is 12.2 Å². The summed E-state index contributed by atoms with van der Waals surface area (Å²) in [4.78, 5) is 11.4. The molecule has 0 aliphatic rings. The van der Waals surface area contributed by atoms with Crippen molar-refractivity contribution in [2.75, 3.05) is 18.4 Å². The largest absolute Gasteiger partial charge is 0.376 e. The predicted molar refractivity (Wildman–Crippen MR) is 67.5 cm³/mol. The van der Waals surface area contributed by atoms with Crippen molar-refractivity contribution in [3.05, 3.63) is 29.8 Å². The second-order valence-electron chi connectivity index (χ2n) is 4.42. The maximum Gasteiger partial charge on any atom is 0.239 e. The lowest BCUT2D eigenvalue weighted by Crippen LogP contribution is -2.32. The standard InChI is InChI=1S/C13H20N2O/c1-10(2)8-15-13(16)9-14-12-6-4-11(3)5-7-12/h4-7,10,14H,8-9H2,1-3H3,(H,15,16). The Morgan fingerprint density at radius 1 is 1.25 bits per heavy atom. The number of carbonyl (C=O) groups is 1. The van der Waals surface area contributed by atoms with Crippen LogP contribution in [-0.4, -0.2) is 19.0 Å². The summed E-state index contributed by atoms with van der Waals surface area (Å²) in [6.45, 7) is 7.25. The Balaban J connectivity index is 2.29. The molecule has 0 bridgehead atoms. The zero-order valence-electron chi connectivity index (χ0n) is 10.2. The van der Waals surface area contributed by atoms with Gasteiger partial charge in [-0.2, -0.15) is 0 Å². The number of aryl methyl sites for hydroxylation is 1. The third-order valence-electron chi connectivity index (χ3n) is 2.21. The van der Waals surface area contributed by atoms with Gasteiger partial charge >= 0.3 is 0 Å². The quantitative estimate of drug-likeness (QED) is 0.798. The van der Waals surface area contributed by atoms with Crippen molar-refractivity contribution in [3.63, 3.8) is 0 Å². The van der Waals surface area contributed by atoms with Crippen LogP contribution in [-0.2, 0) is 4.79 Å². The molecule has 0 saturated heterocycles. The molecule has 0 radical (unpaired) electrons. The minimum atomic E-state index is 0.0364. The fraction of sp³-hybridized carbons (Fsp3) is 0.462. The van der Waals surface area contributed by atoms with Gasteiger partial charge in [0.15, 0.2) is 0 Å².